The number of methoxy groups -OCH3 is 1. The van der Waals surface area contributed by atoms with Crippen LogP contribution in [0.5, 0.6) is 28.7 Å². The van der Waals surface area contributed by atoms with Crippen LogP contribution in [0.4, 0.5) is 0 Å². The molecule has 1 atom stereocenters. The first-order chi connectivity index (χ1) is 18.8. The van der Waals surface area contributed by atoms with Gasteiger partial charge in [0.15, 0.2) is 18.1 Å². The van der Waals surface area contributed by atoms with Crippen LogP contribution in [0.15, 0.2) is 66.1 Å². The molecule has 9 heteroatoms. The second-order valence-corrected chi connectivity index (χ2v) is 9.32. The smallest absolute Gasteiger partial charge is 0.349 e. The Balaban J connectivity index is 1.55. The van der Waals surface area contributed by atoms with Gasteiger partial charge in [0.05, 0.1) is 19.6 Å². The number of nitriles is 1. The molecule has 0 amide bonds. The summed E-state index contributed by atoms with van der Waals surface area (Å²) in [5, 5.41) is 10.5. The highest BCUT2D eigenvalue weighted by molar-refractivity contribution is 6.31. The molecule has 1 aliphatic rings. The van der Waals surface area contributed by atoms with Gasteiger partial charge < -0.3 is 29.4 Å². The zero-order valence-corrected chi connectivity index (χ0v) is 22.7. The summed E-state index contributed by atoms with van der Waals surface area (Å²) in [6, 6.07) is 17.8. The van der Waals surface area contributed by atoms with Gasteiger partial charge in [0.1, 0.15) is 28.9 Å². The van der Waals surface area contributed by atoms with E-state index in [1.807, 2.05) is 25.1 Å². The van der Waals surface area contributed by atoms with E-state index < -0.39 is 11.9 Å². The summed E-state index contributed by atoms with van der Waals surface area (Å²) in [5.74, 6) is 1.16. The van der Waals surface area contributed by atoms with Crippen molar-refractivity contribution in [2.75, 3.05) is 20.3 Å². The molecule has 39 heavy (non-hydrogen) atoms. The molecule has 1 unspecified atom stereocenters. The number of esters is 1. The van der Waals surface area contributed by atoms with Gasteiger partial charge in [0.2, 0.25) is 5.88 Å². The number of aryl methyl sites for hydroxylation is 1. The number of hydrogen-bond acceptors (Lipinski definition) is 8. The van der Waals surface area contributed by atoms with Gasteiger partial charge in [0.25, 0.3) is 0 Å². The molecule has 0 saturated heterocycles. The van der Waals surface area contributed by atoms with Crippen molar-refractivity contribution in [1.29, 1.82) is 5.26 Å². The fraction of sp³-hybridized carbons (Fsp3) is 0.267. The second-order valence-electron chi connectivity index (χ2n) is 8.91. The van der Waals surface area contributed by atoms with Gasteiger partial charge in [0, 0.05) is 16.7 Å². The summed E-state index contributed by atoms with van der Waals surface area (Å²) in [6.07, 6.45) is 1.94. The lowest BCUT2D eigenvalue weighted by atomic mass is 9.83. The standard InChI is InChI=1S/C30H29ClN2O6/c1-4-5-12-36-25-11-6-19(14-27(25)35-3)29-22-9-7-21(15-26(22)39-30(33)23(29)16-32)38-28(34)17-37-20-8-10-24(31)18(2)13-20/h6-11,13-15,29H,4-5,12,17,33H2,1-3H3. The van der Waals surface area contributed by atoms with Crippen molar-refractivity contribution in [3.05, 3.63) is 87.8 Å². The van der Waals surface area contributed by atoms with Crippen LogP contribution >= 0.6 is 11.6 Å². The first-order valence-electron chi connectivity index (χ1n) is 12.5. The number of unbranched alkanes of at least 4 members (excludes halogenated alkanes) is 1. The summed E-state index contributed by atoms with van der Waals surface area (Å²) < 4.78 is 28.1. The molecule has 3 aromatic carbocycles. The van der Waals surface area contributed by atoms with E-state index in [-0.39, 0.29) is 23.8 Å². The molecule has 0 radical (unpaired) electrons. The maximum absolute atomic E-state index is 12.4. The predicted molar refractivity (Wildman–Crippen MR) is 146 cm³/mol. The lowest BCUT2D eigenvalue weighted by molar-refractivity contribution is -0.136. The van der Waals surface area contributed by atoms with Gasteiger partial charge in [-0.25, -0.2) is 4.79 Å². The number of rotatable bonds is 10. The van der Waals surface area contributed by atoms with Crippen molar-refractivity contribution in [1.82, 2.24) is 0 Å². The highest BCUT2D eigenvalue weighted by Gasteiger charge is 2.31. The van der Waals surface area contributed by atoms with Gasteiger partial charge in [-0.1, -0.05) is 37.1 Å². The average Bonchev–Trinajstić information content (AvgIpc) is 2.93. The Labute approximate surface area is 232 Å². The maximum Gasteiger partial charge on any atom is 0.349 e. The fourth-order valence-electron chi connectivity index (χ4n) is 4.16. The number of carbonyl (C=O) groups excluding carboxylic acids is 1. The van der Waals surface area contributed by atoms with E-state index in [4.69, 9.17) is 41.0 Å². The number of fused-ring (bicyclic) bond motifs is 1. The molecule has 1 aliphatic heterocycles. The summed E-state index contributed by atoms with van der Waals surface area (Å²) in [7, 11) is 1.57. The van der Waals surface area contributed by atoms with E-state index in [0.29, 0.717) is 40.2 Å². The monoisotopic (exact) mass is 548 g/mol. The van der Waals surface area contributed by atoms with Gasteiger partial charge in [-0.3, -0.25) is 0 Å². The highest BCUT2D eigenvalue weighted by Crippen LogP contribution is 2.45. The molecular formula is C30H29ClN2O6. The topological polar surface area (TPSA) is 113 Å². The molecule has 4 rings (SSSR count). The van der Waals surface area contributed by atoms with Crippen LogP contribution in [0.3, 0.4) is 0 Å². The zero-order valence-electron chi connectivity index (χ0n) is 22.0. The minimum atomic E-state index is -0.598. The number of nitrogens with two attached hydrogens (primary N) is 1. The van der Waals surface area contributed by atoms with E-state index >= 15 is 0 Å². The molecule has 0 fully saturated rings. The van der Waals surface area contributed by atoms with Crippen LogP contribution in [0, 0.1) is 18.3 Å². The third kappa shape index (κ3) is 6.39. The Morgan fingerprint density at radius 1 is 1.08 bits per heavy atom. The van der Waals surface area contributed by atoms with Gasteiger partial charge in [-0.15, -0.1) is 0 Å². The van der Waals surface area contributed by atoms with Crippen molar-refractivity contribution in [2.24, 2.45) is 5.73 Å². The van der Waals surface area contributed by atoms with Crippen molar-refractivity contribution < 1.29 is 28.5 Å². The largest absolute Gasteiger partial charge is 0.493 e. The van der Waals surface area contributed by atoms with Gasteiger partial charge >= 0.3 is 5.97 Å². The van der Waals surface area contributed by atoms with Crippen LogP contribution in [0.25, 0.3) is 0 Å². The number of hydrogen-bond donors (Lipinski definition) is 1. The van der Waals surface area contributed by atoms with Crippen LogP contribution in [-0.4, -0.2) is 26.3 Å². The lowest BCUT2D eigenvalue weighted by Crippen LogP contribution is -2.22. The molecule has 0 spiro atoms. The second kappa shape index (κ2) is 12.5. The Morgan fingerprint density at radius 3 is 2.59 bits per heavy atom. The molecule has 0 saturated carbocycles. The predicted octanol–water partition coefficient (Wildman–Crippen LogP) is 6.04. The first-order valence-corrected chi connectivity index (χ1v) is 12.8. The van der Waals surface area contributed by atoms with Gasteiger partial charge in [-0.05, 0) is 60.9 Å². The van der Waals surface area contributed by atoms with Crippen molar-refractivity contribution in [3.63, 3.8) is 0 Å². The van der Waals surface area contributed by atoms with E-state index in [1.54, 1.807) is 43.5 Å². The Morgan fingerprint density at radius 2 is 1.87 bits per heavy atom. The van der Waals surface area contributed by atoms with Crippen molar-refractivity contribution in [3.8, 4) is 34.8 Å². The minimum Gasteiger partial charge on any atom is -0.493 e. The molecule has 8 nitrogen and oxygen atoms in total. The summed E-state index contributed by atoms with van der Waals surface area (Å²) in [4.78, 5) is 12.4. The van der Waals surface area contributed by atoms with E-state index in [2.05, 4.69) is 13.0 Å². The summed E-state index contributed by atoms with van der Waals surface area (Å²) >= 11 is 6.03. The molecule has 0 aromatic heterocycles. The summed E-state index contributed by atoms with van der Waals surface area (Å²) in [5.41, 5.74) is 8.71. The molecule has 202 valence electrons. The zero-order chi connectivity index (χ0) is 27.9. The molecule has 0 bridgehead atoms. The lowest BCUT2D eigenvalue weighted by Gasteiger charge is -2.27. The first kappa shape index (κ1) is 27.7. The third-order valence-corrected chi connectivity index (χ3v) is 6.61. The van der Waals surface area contributed by atoms with Crippen molar-refractivity contribution >= 4 is 17.6 Å². The third-order valence-electron chi connectivity index (χ3n) is 6.18. The quantitative estimate of drug-likeness (QED) is 0.185. The number of halogens is 1. The number of benzene rings is 3. The number of ether oxygens (including phenoxy) is 5. The minimum absolute atomic E-state index is 0.0258. The normalized spacial score (nSPS) is 14.1. The highest BCUT2D eigenvalue weighted by atomic mass is 35.5. The number of carbonyl (C=O) groups is 1. The SMILES string of the molecule is CCCCOc1ccc(C2C(C#N)=C(N)Oc3cc(OC(=O)COc4ccc(Cl)c(C)c4)ccc32)cc1OC. The maximum atomic E-state index is 12.4. The molecule has 0 aliphatic carbocycles. The van der Waals surface area contributed by atoms with Crippen LogP contribution in [-0.2, 0) is 4.79 Å². The molecule has 1 heterocycles. The van der Waals surface area contributed by atoms with Crippen LogP contribution in [0.1, 0.15) is 42.4 Å². The van der Waals surface area contributed by atoms with Crippen molar-refractivity contribution in [2.45, 2.75) is 32.6 Å². The molecule has 3 aromatic rings. The van der Waals surface area contributed by atoms with Gasteiger partial charge in [-0.2, -0.15) is 5.26 Å². The van der Waals surface area contributed by atoms with Crippen LogP contribution < -0.4 is 29.4 Å². The Bertz CT molecular complexity index is 1450. The molecule has 2 N–H and O–H groups in total. The fourth-order valence-corrected chi connectivity index (χ4v) is 4.28. The van der Waals surface area contributed by atoms with E-state index in [1.165, 1.54) is 0 Å². The Hall–Kier alpha value is -4.35. The number of nitrogens with zero attached hydrogens (tertiary/aromatic N) is 1. The summed E-state index contributed by atoms with van der Waals surface area (Å²) in [6.45, 7) is 4.22. The van der Waals surface area contributed by atoms with Crippen LogP contribution in [0.2, 0.25) is 5.02 Å². The molecular weight excluding hydrogens is 520 g/mol. The Kier molecular flexibility index (Phi) is 8.84. The average molecular weight is 549 g/mol. The number of allylic oxidation sites excluding steroid dienone is 1. The van der Waals surface area contributed by atoms with E-state index in [0.717, 1.165) is 24.0 Å². The van der Waals surface area contributed by atoms with E-state index in [9.17, 15) is 10.1 Å².